The van der Waals surface area contributed by atoms with E-state index in [2.05, 4.69) is 15.9 Å². The molecule has 6 heteroatoms. The highest BCUT2D eigenvalue weighted by Crippen LogP contribution is 2.37. The summed E-state index contributed by atoms with van der Waals surface area (Å²) in [4.78, 5) is 14.5. The van der Waals surface area contributed by atoms with Gasteiger partial charge in [-0.15, -0.1) is 0 Å². The Kier molecular flexibility index (Phi) is 5.47. The number of carbonyl (C=O) groups excluding carboxylic acids is 1. The van der Waals surface area contributed by atoms with Crippen LogP contribution in [0.4, 0.5) is 0 Å². The van der Waals surface area contributed by atoms with E-state index in [0.717, 1.165) is 23.9 Å². The van der Waals surface area contributed by atoms with Crippen LogP contribution in [0.3, 0.4) is 0 Å². The minimum atomic E-state index is -0.00926. The molecule has 1 aliphatic rings. The molecular weight excluding hydrogens is 336 g/mol. The summed E-state index contributed by atoms with van der Waals surface area (Å²) in [5.74, 6) is 1.16. The maximum atomic E-state index is 12.7. The van der Waals surface area contributed by atoms with Crippen LogP contribution in [0.5, 0.6) is 11.5 Å². The summed E-state index contributed by atoms with van der Waals surface area (Å²) in [7, 11) is 1.57. The number of ether oxygens (including phenoxy) is 2. The van der Waals surface area contributed by atoms with Crippen LogP contribution in [-0.4, -0.2) is 43.7 Å². The third kappa shape index (κ3) is 3.32. The fourth-order valence-electron chi connectivity index (χ4n) is 2.64. The van der Waals surface area contributed by atoms with Crippen LogP contribution in [0.15, 0.2) is 16.6 Å². The molecule has 1 saturated heterocycles. The van der Waals surface area contributed by atoms with Gasteiger partial charge in [0, 0.05) is 24.7 Å². The van der Waals surface area contributed by atoms with Gasteiger partial charge < -0.3 is 20.1 Å². The highest BCUT2D eigenvalue weighted by Gasteiger charge is 2.29. The molecule has 0 saturated carbocycles. The number of carbonyl (C=O) groups is 1. The number of methoxy groups -OCH3 is 1. The number of hydrogen-bond donors (Lipinski definition) is 1. The monoisotopic (exact) mass is 356 g/mol. The summed E-state index contributed by atoms with van der Waals surface area (Å²) in [6.45, 7) is 3.69. The van der Waals surface area contributed by atoms with Gasteiger partial charge in [-0.1, -0.05) is 0 Å². The van der Waals surface area contributed by atoms with Crippen molar-refractivity contribution in [2.75, 3.05) is 26.8 Å². The van der Waals surface area contributed by atoms with Crippen LogP contribution < -0.4 is 15.2 Å². The van der Waals surface area contributed by atoms with Crippen molar-refractivity contribution in [3.05, 3.63) is 22.2 Å². The lowest BCUT2D eigenvalue weighted by molar-refractivity contribution is 0.0740. The summed E-state index contributed by atoms with van der Waals surface area (Å²) in [6.07, 6.45) is 1.97. The number of hydrogen-bond acceptors (Lipinski definition) is 4. The largest absolute Gasteiger partial charge is 0.493 e. The smallest absolute Gasteiger partial charge is 0.254 e. The van der Waals surface area contributed by atoms with Crippen LogP contribution in [0.2, 0.25) is 0 Å². The zero-order valence-corrected chi connectivity index (χ0v) is 14.0. The van der Waals surface area contributed by atoms with Crippen molar-refractivity contribution in [3.63, 3.8) is 0 Å². The predicted molar refractivity (Wildman–Crippen MR) is 85.0 cm³/mol. The lowest BCUT2D eigenvalue weighted by Crippen LogP contribution is -2.39. The van der Waals surface area contributed by atoms with E-state index in [0.29, 0.717) is 30.2 Å². The summed E-state index contributed by atoms with van der Waals surface area (Å²) < 4.78 is 11.6. The van der Waals surface area contributed by atoms with Crippen molar-refractivity contribution in [2.45, 2.75) is 25.8 Å². The maximum absolute atomic E-state index is 12.7. The zero-order valence-electron chi connectivity index (χ0n) is 12.4. The molecule has 1 atom stereocenters. The van der Waals surface area contributed by atoms with E-state index in [1.165, 1.54) is 0 Å². The van der Waals surface area contributed by atoms with Crippen LogP contribution >= 0.6 is 15.9 Å². The number of amides is 1. The number of likely N-dealkylation sites (tertiary alicyclic amines) is 1. The van der Waals surface area contributed by atoms with Crippen molar-refractivity contribution in [3.8, 4) is 11.5 Å². The third-order valence-electron chi connectivity index (χ3n) is 3.68. The first-order valence-electron chi connectivity index (χ1n) is 7.13. The van der Waals surface area contributed by atoms with Crippen molar-refractivity contribution in [1.82, 2.24) is 4.90 Å². The topological polar surface area (TPSA) is 64.8 Å². The Morgan fingerprint density at radius 2 is 2.29 bits per heavy atom. The Morgan fingerprint density at radius 1 is 1.52 bits per heavy atom. The normalized spacial score (nSPS) is 17.9. The van der Waals surface area contributed by atoms with Crippen LogP contribution in [0.25, 0.3) is 0 Å². The molecule has 1 aromatic carbocycles. The maximum Gasteiger partial charge on any atom is 0.254 e. The predicted octanol–water partition coefficient (Wildman–Crippen LogP) is 2.42. The molecule has 21 heavy (non-hydrogen) atoms. The van der Waals surface area contributed by atoms with E-state index in [-0.39, 0.29) is 11.9 Å². The number of rotatable bonds is 5. The van der Waals surface area contributed by atoms with E-state index >= 15 is 0 Å². The highest BCUT2D eigenvalue weighted by atomic mass is 79.9. The van der Waals surface area contributed by atoms with Gasteiger partial charge >= 0.3 is 0 Å². The molecule has 116 valence electrons. The minimum absolute atomic E-state index is 0.00926. The van der Waals surface area contributed by atoms with Gasteiger partial charge in [-0.25, -0.2) is 0 Å². The summed E-state index contributed by atoms with van der Waals surface area (Å²) in [5, 5.41) is 0. The molecule has 1 aliphatic heterocycles. The van der Waals surface area contributed by atoms with E-state index in [4.69, 9.17) is 15.2 Å². The Labute approximate surface area is 133 Å². The van der Waals surface area contributed by atoms with E-state index in [1.54, 1.807) is 19.2 Å². The Morgan fingerprint density at radius 3 is 2.90 bits per heavy atom. The first-order chi connectivity index (χ1) is 10.1. The molecule has 2 rings (SSSR count). The standard InChI is InChI=1S/C15H21BrN2O3/c1-3-21-14-12(16)7-10(8-13(14)20-2)15(19)18-6-4-5-11(18)9-17/h7-8,11H,3-6,9,17H2,1-2H3. The average Bonchev–Trinajstić information content (AvgIpc) is 2.96. The summed E-state index contributed by atoms with van der Waals surface area (Å²) in [6, 6.07) is 3.64. The van der Waals surface area contributed by atoms with Crippen LogP contribution in [0, 0.1) is 0 Å². The molecular formula is C15H21BrN2O3. The van der Waals surface area contributed by atoms with Gasteiger partial charge in [0.05, 0.1) is 18.2 Å². The lowest BCUT2D eigenvalue weighted by atomic mass is 10.1. The van der Waals surface area contributed by atoms with E-state index < -0.39 is 0 Å². The average molecular weight is 357 g/mol. The second-order valence-electron chi connectivity index (χ2n) is 4.95. The van der Waals surface area contributed by atoms with Gasteiger partial charge in [0.15, 0.2) is 11.5 Å². The molecule has 1 aromatic rings. The molecule has 0 bridgehead atoms. The SMILES string of the molecule is CCOc1c(Br)cc(C(=O)N2CCCC2CN)cc1OC. The van der Waals surface area contributed by atoms with Gasteiger partial charge in [-0.2, -0.15) is 0 Å². The number of halogens is 1. The molecule has 5 nitrogen and oxygen atoms in total. The second-order valence-corrected chi connectivity index (χ2v) is 5.81. The second kappa shape index (κ2) is 7.13. The number of nitrogens with zero attached hydrogens (tertiary/aromatic N) is 1. The highest BCUT2D eigenvalue weighted by molar-refractivity contribution is 9.10. The molecule has 1 unspecified atom stereocenters. The van der Waals surface area contributed by atoms with Gasteiger partial charge in [-0.3, -0.25) is 4.79 Å². The summed E-state index contributed by atoms with van der Waals surface area (Å²) >= 11 is 3.45. The van der Waals surface area contributed by atoms with Gasteiger partial charge in [0.1, 0.15) is 0 Å². The molecule has 2 N–H and O–H groups in total. The fourth-order valence-corrected chi connectivity index (χ4v) is 3.20. The van der Waals surface area contributed by atoms with Crippen molar-refractivity contribution < 1.29 is 14.3 Å². The van der Waals surface area contributed by atoms with Gasteiger partial charge in [0.25, 0.3) is 5.91 Å². The van der Waals surface area contributed by atoms with E-state index in [9.17, 15) is 4.79 Å². The minimum Gasteiger partial charge on any atom is -0.493 e. The van der Waals surface area contributed by atoms with Crippen molar-refractivity contribution in [2.24, 2.45) is 5.73 Å². The Hall–Kier alpha value is -1.27. The molecule has 1 heterocycles. The van der Waals surface area contributed by atoms with Gasteiger partial charge in [-0.05, 0) is 47.8 Å². The molecule has 0 aromatic heterocycles. The Balaban J connectivity index is 2.31. The van der Waals surface area contributed by atoms with Crippen molar-refractivity contribution in [1.29, 1.82) is 0 Å². The molecule has 0 radical (unpaired) electrons. The first kappa shape index (κ1) is 16.1. The fraction of sp³-hybridized carbons (Fsp3) is 0.533. The molecule has 0 spiro atoms. The zero-order chi connectivity index (χ0) is 15.4. The molecule has 0 aliphatic carbocycles. The third-order valence-corrected chi connectivity index (χ3v) is 4.26. The molecule has 1 amide bonds. The number of benzene rings is 1. The first-order valence-corrected chi connectivity index (χ1v) is 7.93. The van der Waals surface area contributed by atoms with Crippen molar-refractivity contribution >= 4 is 21.8 Å². The van der Waals surface area contributed by atoms with Crippen LogP contribution in [-0.2, 0) is 0 Å². The summed E-state index contributed by atoms with van der Waals surface area (Å²) in [5.41, 5.74) is 6.33. The number of nitrogens with two attached hydrogens (primary N) is 1. The quantitative estimate of drug-likeness (QED) is 0.879. The Bertz CT molecular complexity index is 522. The van der Waals surface area contributed by atoms with Crippen LogP contribution in [0.1, 0.15) is 30.1 Å². The lowest BCUT2D eigenvalue weighted by Gasteiger charge is -2.24. The van der Waals surface area contributed by atoms with E-state index in [1.807, 2.05) is 11.8 Å². The van der Waals surface area contributed by atoms with Gasteiger partial charge in [0.2, 0.25) is 0 Å². The molecule has 1 fully saturated rings.